The maximum atomic E-state index is 6.33. The molecule has 0 aliphatic carbocycles. The molecule has 0 saturated carbocycles. The van der Waals surface area contributed by atoms with Crippen LogP contribution in [0.4, 0.5) is 0 Å². The Balaban J connectivity index is 1.74. The van der Waals surface area contributed by atoms with E-state index in [1.807, 2.05) is 18.2 Å². The van der Waals surface area contributed by atoms with Crippen molar-refractivity contribution in [3.63, 3.8) is 0 Å². The van der Waals surface area contributed by atoms with Gasteiger partial charge < -0.3 is 14.2 Å². The first-order chi connectivity index (χ1) is 11.3. The minimum Gasteiger partial charge on any atom is -0.379 e. The maximum Gasteiger partial charge on any atom is 0.210 e. The van der Waals surface area contributed by atoms with Crippen molar-refractivity contribution in [3.8, 4) is 0 Å². The van der Waals surface area contributed by atoms with E-state index in [0.29, 0.717) is 19.9 Å². The van der Waals surface area contributed by atoms with E-state index < -0.39 is 5.79 Å². The van der Waals surface area contributed by atoms with Crippen molar-refractivity contribution in [2.24, 2.45) is 0 Å². The molecule has 2 heterocycles. The van der Waals surface area contributed by atoms with Crippen LogP contribution in [0.25, 0.3) is 0 Å². The lowest BCUT2D eigenvalue weighted by Gasteiger charge is -2.42. The summed E-state index contributed by atoms with van der Waals surface area (Å²) in [6.45, 7) is 6.92. The highest BCUT2D eigenvalue weighted by Crippen LogP contribution is 2.36. The average Bonchev–Trinajstić information content (AvgIpc) is 2.62. The van der Waals surface area contributed by atoms with Crippen molar-refractivity contribution < 1.29 is 14.2 Å². The van der Waals surface area contributed by atoms with Crippen LogP contribution in [0.1, 0.15) is 5.56 Å². The minimum atomic E-state index is -0.731. The van der Waals surface area contributed by atoms with Gasteiger partial charge in [-0.1, -0.05) is 30.3 Å². The van der Waals surface area contributed by atoms with Crippen LogP contribution in [0.2, 0.25) is 0 Å². The average molecular weight is 372 g/mol. The first-order valence-corrected chi connectivity index (χ1v) is 11.0. The van der Waals surface area contributed by atoms with Crippen molar-refractivity contribution >= 4 is 29.9 Å². The molecule has 126 valence electrons. The molecule has 0 aromatic heterocycles. The first kappa shape index (κ1) is 17.7. The number of benzene rings is 1. The third-order valence-corrected chi connectivity index (χ3v) is 6.11. The molecule has 1 unspecified atom stereocenters. The van der Waals surface area contributed by atoms with Crippen molar-refractivity contribution in [1.29, 1.82) is 0 Å². The van der Waals surface area contributed by atoms with Crippen molar-refractivity contribution in [2.75, 3.05) is 52.7 Å². The van der Waals surface area contributed by atoms with Gasteiger partial charge in [-0.25, -0.2) is 4.31 Å². The van der Waals surface area contributed by atoms with Crippen molar-refractivity contribution in [1.82, 2.24) is 9.21 Å². The number of hydrogen-bond acceptors (Lipinski definition) is 7. The van der Waals surface area contributed by atoms with Gasteiger partial charge in [0.15, 0.2) is 0 Å². The Morgan fingerprint density at radius 2 is 1.96 bits per heavy atom. The monoisotopic (exact) mass is 372 g/mol. The summed E-state index contributed by atoms with van der Waals surface area (Å²) in [6.07, 6.45) is 0. The van der Waals surface area contributed by atoms with Crippen LogP contribution in [-0.2, 0) is 31.8 Å². The maximum absolute atomic E-state index is 6.33. The highest BCUT2D eigenvalue weighted by Gasteiger charge is 2.40. The van der Waals surface area contributed by atoms with E-state index in [2.05, 4.69) is 21.3 Å². The second-order valence-electron chi connectivity index (χ2n) is 5.49. The molecule has 23 heavy (non-hydrogen) atoms. The molecule has 0 bridgehead atoms. The van der Waals surface area contributed by atoms with Crippen LogP contribution in [0, 0.1) is 0 Å². The van der Waals surface area contributed by atoms with E-state index in [0.717, 1.165) is 45.0 Å². The molecule has 1 atom stereocenters. The quantitative estimate of drug-likeness (QED) is 0.560. The zero-order valence-electron chi connectivity index (χ0n) is 12.9. The van der Waals surface area contributed by atoms with Crippen molar-refractivity contribution in [2.45, 2.75) is 5.79 Å². The molecule has 5 nitrogen and oxygen atoms in total. The van der Waals surface area contributed by atoms with Crippen LogP contribution in [0.3, 0.4) is 0 Å². The lowest BCUT2D eigenvalue weighted by Crippen LogP contribution is -2.51. The molecule has 0 amide bonds. The first-order valence-electron chi connectivity index (χ1n) is 7.71. The van der Waals surface area contributed by atoms with Crippen LogP contribution >= 0.6 is 18.1 Å². The second kappa shape index (κ2) is 8.83. The van der Waals surface area contributed by atoms with Gasteiger partial charge in [-0.3, -0.25) is 4.90 Å². The number of nitrogens with zero attached hydrogens (tertiary/aromatic N) is 2. The number of ether oxygens (including phenoxy) is 3. The number of morpholine rings is 2. The lowest BCUT2D eigenvalue weighted by atomic mass is 10.0. The fraction of sp³-hybridized carbons (Fsp3) is 0.600. The molecule has 8 heteroatoms. The summed E-state index contributed by atoms with van der Waals surface area (Å²) in [6, 6.07) is 10.2. The van der Waals surface area contributed by atoms with Gasteiger partial charge >= 0.3 is 0 Å². The zero-order chi connectivity index (χ0) is 16.0. The minimum absolute atomic E-state index is 0.544. The Morgan fingerprint density at radius 3 is 2.70 bits per heavy atom. The molecule has 0 spiro atoms. The predicted octanol–water partition coefficient (Wildman–Crippen LogP) is 2.45. The molecular formula is C15H21N2O3PS2. The molecule has 2 aliphatic heterocycles. The molecule has 1 aromatic rings. The molecular weight excluding hydrogens is 351 g/mol. The number of hydrogen-bond donors (Lipinski definition) is 0. The number of rotatable bonds is 6. The van der Waals surface area contributed by atoms with Gasteiger partial charge in [-0.05, 0) is 23.4 Å². The lowest BCUT2D eigenvalue weighted by molar-refractivity contribution is -0.283. The summed E-state index contributed by atoms with van der Waals surface area (Å²) in [5.41, 5.74) is 1.06. The van der Waals surface area contributed by atoms with Gasteiger partial charge in [0, 0.05) is 25.2 Å². The second-order valence-corrected chi connectivity index (χ2v) is 8.60. The fourth-order valence-electron chi connectivity index (χ4n) is 2.75. The fourth-order valence-corrected chi connectivity index (χ4v) is 4.78. The van der Waals surface area contributed by atoms with E-state index in [1.54, 1.807) is 11.6 Å². The van der Waals surface area contributed by atoms with Gasteiger partial charge in [-0.2, -0.15) is 0 Å². The molecule has 2 saturated heterocycles. The van der Waals surface area contributed by atoms with Crippen LogP contribution < -0.4 is 0 Å². The summed E-state index contributed by atoms with van der Waals surface area (Å²) in [5, 5.41) is 0. The van der Waals surface area contributed by atoms with E-state index in [-0.39, 0.29) is 0 Å². The molecule has 0 radical (unpaired) electrons. The highest BCUT2D eigenvalue weighted by atomic mass is 32.9. The predicted molar refractivity (Wildman–Crippen MR) is 95.9 cm³/mol. The Labute approximate surface area is 148 Å². The summed E-state index contributed by atoms with van der Waals surface area (Å²) in [7, 11) is 0. The third-order valence-electron chi connectivity index (χ3n) is 4.01. The topological polar surface area (TPSA) is 34.2 Å². The van der Waals surface area contributed by atoms with Gasteiger partial charge in [0.1, 0.15) is 6.73 Å². The van der Waals surface area contributed by atoms with Crippen LogP contribution in [0.15, 0.2) is 30.3 Å². The van der Waals surface area contributed by atoms with Crippen molar-refractivity contribution in [3.05, 3.63) is 35.9 Å². The largest absolute Gasteiger partial charge is 0.379 e. The Bertz CT molecular complexity index is 505. The zero-order valence-corrected chi connectivity index (χ0v) is 15.5. The summed E-state index contributed by atoms with van der Waals surface area (Å²) < 4.78 is 20.1. The molecule has 1 aromatic carbocycles. The van der Waals surface area contributed by atoms with E-state index >= 15 is 0 Å². The molecule has 2 aliphatic rings. The SMILES string of the molecule is S=PSN1CCOC(OCN2CCOCC2)(c2ccccc2)C1. The third kappa shape index (κ3) is 4.71. The Hall–Kier alpha value is -0.110. The van der Waals surface area contributed by atoms with E-state index in [1.165, 1.54) is 0 Å². The summed E-state index contributed by atoms with van der Waals surface area (Å²) >= 11 is 6.72. The standard InChI is InChI=1S/C15H21N2O3PS2/c22-21-23-17-8-11-19-15(12-17,14-4-2-1-3-5-14)20-13-16-6-9-18-10-7-16/h1-5H,6-13H2. The van der Waals surface area contributed by atoms with Crippen LogP contribution in [0.5, 0.6) is 0 Å². The van der Waals surface area contributed by atoms with Gasteiger partial charge in [0.25, 0.3) is 0 Å². The van der Waals surface area contributed by atoms with Crippen LogP contribution in [-0.4, -0.2) is 61.9 Å². The Morgan fingerprint density at radius 1 is 1.17 bits per heavy atom. The summed E-state index contributed by atoms with van der Waals surface area (Å²) in [5.74, 6) is -0.731. The van der Waals surface area contributed by atoms with E-state index in [9.17, 15) is 0 Å². The van der Waals surface area contributed by atoms with Gasteiger partial charge in [-0.15, -0.1) is 0 Å². The normalized spacial score (nSPS) is 27.3. The summed E-state index contributed by atoms with van der Waals surface area (Å²) in [4.78, 5) is 2.26. The molecule has 0 N–H and O–H groups in total. The Kier molecular flexibility index (Phi) is 6.80. The molecule has 3 rings (SSSR count). The van der Waals surface area contributed by atoms with Gasteiger partial charge in [0.05, 0.1) is 32.9 Å². The van der Waals surface area contributed by atoms with Gasteiger partial charge in [0.2, 0.25) is 5.79 Å². The highest BCUT2D eigenvalue weighted by molar-refractivity contribution is 8.56. The smallest absolute Gasteiger partial charge is 0.210 e. The molecule has 2 fully saturated rings. The van der Waals surface area contributed by atoms with E-state index in [4.69, 9.17) is 26.0 Å².